The fourth-order valence-corrected chi connectivity index (χ4v) is 3.36. The van der Waals surface area contributed by atoms with Gasteiger partial charge in [0.2, 0.25) is 5.69 Å². The van der Waals surface area contributed by atoms with Gasteiger partial charge in [0.05, 0.1) is 0 Å². The van der Waals surface area contributed by atoms with Crippen molar-refractivity contribution in [3.8, 4) is 0 Å². The first kappa shape index (κ1) is 17.4. The molecule has 1 aromatic heterocycles. The SMILES string of the molecule is COC1c2n[nH][n+](C(C)(C)C)c2CCN(C(C)(C)C)CC1C. The summed E-state index contributed by atoms with van der Waals surface area (Å²) in [6.45, 7) is 17.8. The lowest BCUT2D eigenvalue weighted by Gasteiger charge is -2.39. The summed E-state index contributed by atoms with van der Waals surface area (Å²) < 4.78 is 8.03. The number of hydrogen-bond acceptors (Lipinski definition) is 3. The standard InChI is InChI=1S/C17H32N4O/c1-12-11-20(16(2,3)4)10-9-13-14(15(12)22-8)18-19-21(13)17(5,6)7/h12,15H,9-11H2,1-8H3/p+1. The third kappa shape index (κ3) is 3.35. The van der Waals surface area contributed by atoms with Gasteiger partial charge in [-0.3, -0.25) is 4.90 Å². The van der Waals surface area contributed by atoms with Crippen LogP contribution < -0.4 is 4.68 Å². The van der Waals surface area contributed by atoms with E-state index in [9.17, 15) is 0 Å². The minimum absolute atomic E-state index is 0.00608. The summed E-state index contributed by atoms with van der Waals surface area (Å²) in [4.78, 5) is 2.56. The first-order chi connectivity index (χ1) is 10.1. The number of hydrogen-bond donors (Lipinski definition) is 1. The van der Waals surface area contributed by atoms with Gasteiger partial charge in [-0.05, 0) is 41.5 Å². The number of aromatic nitrogens is 3. The van der Waals surface area contributed by atoms with Gasteiger partial charge in [-0.25, -0.2) is 0 Å². The van der Waals surface area contributed by atoms with Crippen molar-refractivity contribution in [2.24, 2.45) is 5.92 Å². The zero-order valence-corrected chi connectivity index (χ0v) is 15.5. The summed E-state index contributed by atoms with van der Waals surface area (Å²) in [7, 11) is 1.80. The van der Waals surface area contributed by atoms with E-state index in [4.69, 9.17) is 4.74 Å². The highest BCUT2D eigenvalue weighted by molar-refractivity contribution is 5.12. The van der Waals surface area contributed by atoms with Crippen molar-refractivity contribution in [2.75, 3.05) is 20.2 Å². The lowest BCUT2D eigenvalue weighted by atomic mass is 9.93. The second-order valence-electron chi connectivity index (χ2n) is 8.55. The van der Waals surface area contributed by atoms with Gasteiger partial charge in [-0.2, -0.15) is 4.68 Å². The van der Waals surface area contributed by atoms with Gasteiger partial charge in [-0.15, -0.1) is 0 Å². The Morgan fingerprint density at radius 2 is 1.86 bits per heavy atom. The maximum absolute atomic E-state index is 5.83. The van der Waals surface area contributed by atoms with Crippen LogP contribution >= 0.6 is 0 Å². The van der Waals surface area contributed by atoms with Crippen molar-refractivity contribution in [1.82, 2.24) is 15.2 Å². The van der Waals surface area contributed by atoms with E-state index in [2.05, 4.69) is 68.4 Å². The van der Waals surface area contributed by atoms with Gasteiger partial charge in [0, 0.05) is 43.2 Å². The van der Waals surface area contributed by atoms with E-state index in [1.807, 2.05) is 0 Å². The fourth-order valence-electron chi connectivity index (χ4n) is 3.36. The third-order valence-corrected chi connectivity index (χ3v) is 4.62. The summed E-state index contributed by atoms with van der Waals surface area (Å²) in [5.74, 6) is 0.403. The van der Waals surface area contributed by atoms with Crippen LogP contribution in [-0.2, 0) is 16.7 Å². The van der Waals surface area contributed by atoms with Crippen molar-refractivity contribution < 1.29 is 9.42 Å². The number of nitrogens with zero attached hydrogens (tertiary/aromatic N) is 3. The molecule has 1 aliphatic rings. The highest BCUT2D eigenvalue weighted by Gasteiger charge is 2.39. The molecule has 1 aliphatic heterocycles. The Kier molecular flexibility index (Phi) is 4.69. The Bertz CT molecular complexity index is 510. The topological polar surface area (TPSA) is 45.0 Å². The molecule has 2 rings (SSSR count). The molecule has 0 saturated heterocycles. The van der Waals surface area contributed by atoms with Crippen LogP contribution in [0.15, 0.2) is 0 Å². The second-order valence-corrected chi connectivity index (χ2v) is 8.55. The average molecular weight is 309 g/mol. The Labute approximate surface area is 135 Å². The maximum Gasteiger partial charge on any atom is 0.250 e. The molecule has 0 radical (unpaired) electrons. The smallest absolute Gasteiger partial charge is 0.250 e. The number of methoxy groups -OCH3 is 1. The summed E-state index contributed by atoms with van der Waals surface area (Å²) in [5.41, 5.74) is 2.52. The van der Waals surface area contributed by atoms with Crippen molar-refractivity contribution >= 4 is 0 Å². The van der Waals surface area contributed by atoms with Crippen LogP contribution in [0.1, 0.15) is 66.0 Å². The first-order valence-electron chi connectivity index (χ1n) is 8.33. The van der Waals surface area contributed by atoms with Gasteiger partial charge in [0.15, 0.2) is 5.69 Å². The first-order valence-corrected chi connectivity index (χ1v) is 8.33. The molecule has 126 valence electrons. The van der Waals surface area contributed by atoms with Crippen molar-refractivity contribution in [3.63, 3.8) is 0 Å². The molecule has 0 bridgehead atoms. The minimum Gasteiger partial charge on any atom is -0.372 e. The second kappa shape index (κ2) is 5.93. The van der Waals surface area contributed by atoms with Gasteiger partial charge in [0.25, 0.3) is 0 Å². The molecule has 0 aliphatic carbocycles. The number of H-pyrrole nitrogens is 1. The monoisotopic (exact) mass is 309 g/mol. The van der Waals surface area contributed by atoms with Crippen LogP contribution in [0.3, 0.4) is 0 Å². The normalized spacial score (nSPS) is 24.7. The zero-order valence-electron chi connectivity index (χ0n) is 15.5. The van der Waals surface area contributed by atoms with Crippen LogP contribution in [0.5, 0.6) is 0 Å². The molecule has 22 heavy (non-hydrogen) atoms. The summed E-state index contributed by atoms with van der Waals surface area (Å²) in [6, 6.07) is 0. The molecular weight excluding hydrogens is 276 g/mol. The molecule has 5 heteroatoms. The van der Waals surface area contributed by atoms with E-state index >= 15 is 0 Å². The molecular formula is C17H33N4O+. The van der Waals surface area contributed by atoms with E-state index in [0.717, 1.165) is 25.2 Å². The Balaban J connectivity index is 2.46. The van der Waals surface area contributed by atoms with E-state index in [0.29, 0.717) is 5.92 Å². The van der Waals surface area contributed by atoms with Gasteiger partial charge >= 0.3 is 0 Å². The van der Waals surface area contributed by atoms with E-state index in [1.165, 1.54) is 5.69 Å². The van der Waals surface area contributed by atoms with Crippen LogP contribution in [-0.4, -0.2) is 41.0 Å². The molecule has 0 spiro atoms. The largest absolute Gasteiger partial charge is 0.372 e. The minimum atomic E-state index is -0.00608. The molecule has 2 atom stereocenters. The number of fused-ring (bicyclic) bond motifs is 1. The molecule has 2 unspecified atom stereocenters. The molecule has 0 saturated carbocycles. The third-order valence-electron chi connectivity index (χ3n) is 4.62. The molecule has 0 fully saturated rings. The number of nitrogens with one attached hydrogen (secondary N) is 1. The average Bonchev–Trinajstić information content (AvgIpc) is 2.75. The number of rotatable bonds is 1. The molecule has 1 aromatic rings. The van der Waals surface area contributed by atoms with Crippen molar-refractivity contribution in [2.45, 2.75) is 72.1 Å². The lowest BCUT2D eigenvalue weighted by molar-refractivity contribution is -0.811. The number of ether oxygens (including phenoxy) is 1. The van der Waals surface area contributed by atoms with E-state index < -0.39 is 0 Å². The zero-order chi connectivity index (χ0) is 16.7. The van der Waals surface area contributed by atoms with Gasteiger partial charge < -0.3 is 4.74 Å². The van der Waals surface area contributed by atoms with Crippen molar-refractivity contribution in [3.05, 3.63) is 11.4 Å². The molecule has 0 amide bonds. The van der Waals surface area contributed by atoms with E-state index in [-0.39, 0.29) is 17.2 Å². The highest BCUT2D eigenvalue weighted by Crippen LogP contribution is 2.31. The predicted molar refractivity (Wildman–Crippen MR) is 87.7 cm³/mol. The predicted octanol–water partition coefficient (Wildman–Crippen LogP) is 2.43. The van der Waals surface area contributed by atoms with Crippen LogP contribution in [0.4, 0.5) is 0 Å². The quantitative estimate of drug-likeness (QED) is 0.810. The Morgan fingerprint density at radius 3 is 2.36 bits per heavy atom. The lowest BCUT2D eigenvalue weighted by Crippen LogP contribution is -2.56. The summed E-state index contributed by atoms with van der Waals surface area (Å²) in [5, 5.41) is 7.83. The highest BCUT2D eigenvalue weighted by atomic mass is 16.5. The van der Waals surface area contributed by atoms with E-state index in [1.54, 1.807) is 7.11 Å². The van der Waals surface area contributed by atoms with Crippen LogP contribution in [0.2, 0.25) is 0 Å². The Morgan fingerprint density at radius 1 is 1.23 bits per heavy atom. The molecule has 2 heterocycles. The Hall–Kier alpha value is -0.940. The summed E-state index contributed by atoms with van der Waals surface area (Å²) in [6.07, 6.45) is 1.03. The van der Waals surface area contributed by atoms with Gasteiger partial charge in [0.1, 0.15) is 11.6 Å². The van der Waals surface area contributed by atoms with Crippen molar-refractivity contribution in [1.29, 1.82) is 0 Å². The molecule has 5 nitrogen and oxygen atoms in total. The molecule has 0 aromatic carbocycles. The van der Waals surface area contributed by atoms with Crippen LogP contribution in [0, 0.1) is 5.92 Å². The summed E-state index contributed by atoms with van der Waals surface area (Å²) >= 11 is 0. The van der Waals surface area contributed by atoms with Crippen LogP contribution in [0.25, 0.3) is 0 Å². The number of aromatic amines is 1. The fraction of sp³-hybridized carbons (Fsp3) is 0.882. The van der Waals surface area contributed by atoms with Gasteiger partial charge in [-0.1, -0.05) is 12.1 Å². The maximum atomic E-state index is 5.83. The molecule has 1 N–H and O–H groups in total.